The lowest BCUT2D eigenvalue weighted by Gasteiger charge is -2.47. The molecule has 182 valence electrons. The van der Waals surface area contributed by atoms with Crippen molar-refractivity contribution < 1.29 is 64.5 Å². The Morgan fingerprint density at radius 2 is 0.871 bits per heavy atom. The van der Waals surface area contributed by atoms with Crippen LogP contribution in [0.3, 0.4) is 0 Å². The van der Waals surface area contributed by atoms with Crippen LogP contribution in [0.15, 0.2) is 0 Å². The van der Waals surface area contributed by atoms with E-state index in [4.69, 9.17) is 23.7 Å². The van der Waals surface area contributed by atoms with Gasteiger partial charge in [-0.2, -0.15) is 0 Å². The number of hydrogen-bond acceptors (Lipinski definition) is 13. The molecule has 0 radical (unpaired) electrons. The third-order valence-electron chi connectivity index (χ3n) is 5.98. The Kier molecular flexibility index (Phi) is 7.91. The molecule has 8 N–H and O–H groups in total. The molecule has 31 heavy (non-hydrogen) atoms. The highest BCUT2D eigenvalue weighted by Gasteiger charge is 2.52. The minimum absolute atomic E-state index is 0.879. The number of hydrogen-bond donors (Lipinski definition) is 8. The van der Waals surface area contributed by atoms with Gasteiger partial charge in [0, 0.05) is 0 Å². The second kappa shape index (κ2) is 9.77. The predicted molar refractivity (Wildman–Crippen MR) is 97.0 cm³/mol. The van der Waals surface area contributed by atoms with Gasteiger partial charge in [-0.1, -0.05) is 0 Å². The van der Waals surface area contributed by atoms with Gasteiger partial charge in [0.1, 0.15) is 54.9 Å². The lowest BCUT2D eigenvalue weighted by molar-refractivity contribution is -0.386. The first-order valence-corrected chi connectivity index (χ1v) is 10.2. The van der Waals surface area contributed by atoms with Crippen molar-refractivity contribution in [3.8, 4) is 0 Å². The normalized spacial score (nSPS) is 56.4. The smallest absolute Gasteiger partial charge is 0.187 e. The van der Waals surface area contributed by atoms with Gasteiger partial charge in [-0.15, -0.1) is 0 Å². The van der Waals surface area contributed by atoms with Gasteiger partial charge in [0.05, 0.1) is 18.3 Å². The zero-order valence-electron chi connectivity index (χ0n) is 17.3. The fourth-order valence-electron chi connectivity index (χ4n) is 3.86. The van der Waals surface area contributed by atoms with E-state index in [2.05, 4.69) is 0 Å². The Hall–Kier alpha value is -0.520. The third kappa shape index (κ3) is 4.89. The van der Waals surface area contributed by atoms with Crippen molar-refractivity contribution in [2.24, 2.45) is 0 Å². The molecule has 3 aliphatic rings. The molecular weight excluding hydrogens is 424 g/mol. The molecule has 0 aromatic heterocycles. The van der Waals surface area contributed by atoms with Gasteiger partial charge in [-0.3, -0.25) is 0 Å². The number of aliphatic hydroxyl groups excluding tert-OH is 8. The van der Waals surface area contributed by atoms with Gasteiger partial charge in [0.15, 0.2) is 18.9 Å². The van der Waals surface area contributed by atoms with Crippen LogP contribution in [0.4, 0.5) is 0 Å². The largest absolute Gasteiger partial charge is 0.388 e. The highest BCUT2D eigenvalue weighted by Crippen LogP contribution is 2.32. The maximum absolute atomic E-state index is 10.5. The molecular formula is C18H32O13. The summed E-state index contributed by atoms with van der Waals surface area (Å²) >= 11 is 0. The van der Waals surface area contributed by atoms with Crippen LogP contribution in [-0.4, -0.2) is 133 Å². The molecule has 3 saturated heterocycles. The molecule has 0 unspecified atom stereocenters. The van der Waals surface area contributed by atoms with E-state index >= 15 is 0 Å². The van der Waals surface area contributed by atoms with Crippen molar-refractivity contribution in [3.63, 3.8) is 0 Å². The second-order valence-electron chi connectivity index (χ2n) is 8.29. The average Bonchev–Trinajstić information content (AvgIpc) is 2.72. The van der Waals surface area contributed by atoms with Crippen molar-refractivity contribution in [2.45, 2.75) is 113 Å². The summed E-state index contributed by atoms with van der Waals surface area (Å²) in [5.74, 6) is 0. The van der Waals surface area contributed by atoms with Crippen LogP contribution in [-0.2, 0) is 23.7 Å². The average molecular weight is 456 g/mol. The molecule has 0 aromatic rings. The first-order valence-electron chi connectivity index (χ1n) is 10.2. The lowest BCUT2D eigenvalue weighted by Crippen LogP contribution is -2.65. The van der Waals surface area contributed by atoms with Crippen LogP contribution in [0.25, 0.3) is 0 Å². The summed E-state index contributed by atoms with van der Waals surface area (Å²) in [7, 11) is 0. The van der Waals surface area contributed by atoms with Gasteiger partial charge < -0.3 is 64.5 Å². The molecule has 0 spiro atoms. The Bertz CT molecular complexity index is 595. The van der Waals surface area contributed by atoms with Gasteiger partial charge in [0.25, 0.3) is 0 Å². The summed E-state index contributed by atoms with van der Waals surface area (Å²) in [4.78, 5) is 0. The SMILES string of the molecule is C[C@@H]1O[C@H](O[C@H]2[C@@H](O[C@@H]3[C@@H](O)[C@@H](O)[C@H](C)O[C@@H]3O)O[C@@H](C)[C@H](O)[C@@H]2O)[C@H](O)[C@@H](O)[C@H]1O. The first-order chi connectivity index (χ1) is 14.4. The maximum atomic E-state index is 10.5. The van der Waals surface area contributed by atoms with Crippen molar-refractivity contribution in [1.29, 1.82) is 0 Å². The first kappa shape index (κ1) is 25.1. The monoisotopic (exact) mass is 456 g/mol. The summed E-state index contributed by atoms with van der Waals surface area (Å²) in [5.41, 5.74) is 0. The summed E-state index contributed by atoms with van der Waals surface area (Å²) in [6.45, 7) is 4.32. The van der Waals surface area contributed by atoms with E-state index in [0.29, 0.717) is 0 Å². The van der Waals surface area contributed by atoms with E-state index < -0.39 is 92.1 Å². The number of ether oxygens (including phenoxy) is 5. The van der Waals surface area contributed by atoms with Gasteiger partial charge >= 0.3 is 0 Å². The fourth-order valence-corrected chi connectivity index (χ4v) is 3.86. The van der Waals surface area contributed by atoms with Crippen molar-refractivity contribution in [3.05, 3.63) is 0 Å². The highest BCUT2D eigenvalue weighted by atomic mass is 16.8. The van der Waals surface area contributed by atoms with Gasteiger partial charge in [-0.05, 0) is 20.8 Å². The molecule has 3 rings (SSSR count). The molecule has 13 heteroatoms. The molecule has 0 bridgehead atoms. The van der Waals surface area contributed by atoms with Crippen molar-refractivity contribution in [2.75, 3.05) is 0 Å². The van der Waals surface area contributed by atoms with Gasteiger partial charge in [-0.25, -0.2) is 0 Å². The quantitative estimate of drug-likeness (QED) is 0.201. The zero-order valence-corrected chi connectivity index (χ0v) is 17.3. The van der Waals surface area contributed by atoms with E-state index in [1.54, 1.807) is 0 Å². The minimum Gasteiger partial charge on any atom is -0.388 e. The number of rotatable bonds is 4. The molecule has 3 aliphatic heterocycles. The molecule has 13 nitrogen and oxygen atoms in total. The van der Waals surface area contributed by atoms with E-state index in [9.17, 15) is 40.9 Å². The summed E-state index contributed by atoms with van der Waals surface area (Å²) in [6.07, 6.45) is -21.2. The van der Waals surface area contributed by atoms with Crippen LogP contribution >= 0.6 is 0 Å². The van der Waals surface area contributed by atoms with Crippen LogP contribution in [0.1, 0.15) is 20.8 Å². The Morgan fingerprint density at radius 1 is 0.452 bits per heavy atom. The van der Waals surface area contributed by atoms with Crippen molar-refractivity contribution in [1.82, 2.24) is 0 Å². The van der Waals surface area contributed by atoms with Crippen LogP contribution in [0, 0.1) is 0 Å². The standard InChI is InChI=1S/C18H32O13/c1-4-8(20)11(23)14(16(26)27-4)30-18-15(12(24)9(21)6(3)29-18)31-17-13(25)10(22)7(19)5(2)28-17/h4-26H,1-3H3/t4-,5-,6-,7-,8-,9-,10-,11-,12-,13+,14+,15+,16-,17+,18+/m0/s1. The van der Waals surface area contributed by atoms with Crippen LogP contribution in [0.2, 0.25) is 0 Å². The van der Waals surface area contributed by atoms with E-state index in [1.807, 2.05) is 0 Å². The summed E-state index contributed by atoms with van der Waals surface area (Å²) in [6, 6.07) is 0. The molecule has 0 aromatic carbocycles. The maximum Gasteiger partial charge on any atom is 0.187 e. The molecule has 0 saturated carbocycles. The van der Waals surface area contributed by atoms with E-state index in [-0.39, 0.29) is 0 Å². The Labute approximate surface area is 178 Å². The molecule has 0 aliphatic carbocycles. The molecule has 3 heterocycles. The molecule has 0 amide bonds. The van der Waals surface area contributed by atoms with Gasteiger partial charge in [0.2, 0.25) is 0 Å². The second-order valence-corrected chi connectivity index (χ2v) is 8.29. The minimum atomic E-state index is -1.70. The van der Waals surface area contributed by atoms with E-state index in [0.717, 1.165) is 0 Å². The number of aliphatic hydroxyl groups is 8. The Balaban J connectivity index is 1.78. The van der Waals surface area contributed by atoms with E-state index in [1.165, 1.54) is 20.8 Å². The van der Waals surface area contributed by atoms with Crippen molar-refractivity contribution >= 4 is 0 Å². The van der Waals surface area contributed by atoms with Crippen LogP contribution in [0.5, 0.6) is 0 Å². The highest BCUT2D eigenvalue weighted by molar-refractivity contribution is 4.94. The molecule has 15 atom stereocenters. The fraction of sp³-hybridized carbons (Fsp3) is 1.00. The Morgan fingerprint density at radius 3 is 1.45 bits per heavy atom. The third-order valence-corrected chi connectivity index (χ3v) is 5.98. The summed E-state index contributed by atoms with van der Waals surface area (Å²) < 4.78 is 27.2. The predicted octanol–water partition coefficient (Wildman–Crippen LogP) is -4.49. The topological polar surface area (TPSA) is 208 Å². The lowest BCUT2D eigenvalue weighted by atomic mass is 9.97. The summed E-state index contributed by atoms with van der Waals surface area (Å²) in [5, 5.41) is 81.2. The zero-order chi connectivity index (χ0) is 23.2. The van der Waals surface area contributed by atoms with Crippen LogP contribution < -0.4 is 0 Å². The molecule has 3 fully saturated rings.